The number of piperidine rings is 1. The molecule has 2 heterocycles. The number of amides is 1. The van der Waals surface area contributed by atoms with E-state index in [1.54, 1.807) is 0 Å². The minimum Gasteiger partial charge on any atom is -0.390 e. The van der Waals surface area contributed by atoms with E-state index in [9.17, 15) is 4.79 Å². The van der Waals surface area contributed by atoms with Gasteiger partial charge in [0.15, 0.2) is 5.66 Å². The number of benzene rings is 2. The van der Waals surface area contributed by atoms with Crippen LogP contribution in [0.1, 0.15) is 81.4 Å². The first-order chi connectivity index (χ1) is 16.4. The number of hydrogen-bond donors (Lipinski definition) is 1. The van der Waals surface area contributed by atoms with E-state index in [-0.39, 0.29) is 17.8 Å². The van der Waals surface area contributed by atoms with Crippen LogP contribution in [0.5, 0.6) is 0 Å². The number of nitrogens with zero attached hydrogens (tertiary/aromatic N) is 2. The summed E-state index contributed by atoms with van der Waals surface area (Å²) in [6, 6.07) is 19.2. The van der Waals surface area contributed by atoms with Crippen LogP contribution in [-0.4, -0.2) is 29.8 Å². The molecule has 2 aromatic rings. The van der Waals surface area contributed by atoms with Crippen molar-refractivity contribution >= 4 is 11.8 Å². The first-order valence-electron chi connectivity index (χ1n) is 12.9. The molecule has 1 aliphatic carbocycles. The average Bonchev–Trinajstić information content (AvgIpc) is 3.55. The highest BCUT2D eigenvalue weighted by molar-refractivity contribution is 5.83. The molecule has 1 amide bonds. The maximum Gasteiger partial charge on any atom is 0.225 e. The van der Waals surface area contributed by atoms with Gasteiger partial charge >= 0.3 is 0 Å². The highest BCUT2D eigenvalue weighted by Crippen LogP contribution is 2.37. The van der Waals surface area contributed by atoms with Gasteiger partial charge in [-0.25, -0.2) is 4.99 Å². The number of aliphatic imine (C=N–C) groups is 1. The molecular formula is C29H37N3O2. The number of nitrogens with one attached hydrogen (secondary N) is 1. The molecule has 1 N–H and O–H groups in total. The summed E-state index contributed by atoms with van der Waals surface area (Å²) in [6.45, 7) is 7.95. The van der Waals surface area contributed by atoms with Crippen molar-refractivity contribution in [2.24, 2.45) is 16.8 Å². The molecular weight excluding hydrogens is 422 g/mol. The summed E-state index contributed by atoms with van der Waals surface area (Å²) in [5, 5.41) is 0. The molecule has 0 radical (unpaired) electrons. The molecule has 5 rings (SSSR count). The van der Waals surface area contributed by atoms with Crippen molar-refractivity contribution in [2.45, 2.75) is 70.4 Å². The standard InChI is InChI=1S/C29H37N3O2/c1-20(2)21-13-15-22(16-14-21)24-17-25(19-32(18-24)28(33)23-9-7-8-10-23)27-30-29(3,31-34-27)26-11-5-4-6-12-26/h4-6,11-16,20,23-25,31H,7-10,17-19H2,1-3H3. The Morgan fingerprint density at radius 2 is 1.71 bits per heavy atom. The molecule has 0 spiro atoms. The second-order valence-electron chi connectivity index (χ2n) is 10.8. The van der Waals surface area contributed by atoms with Crippen molar-refractivity contribution in [3.63, 3.8) is 0 Å². The fourth-order valence-electron chi connectivity index (χ4n) is 5.76. The smallest absolute Gasteiger partial charge is 0.225 e. The number of likely N-dealkylation sites (tertiary alicyclic amines) is 1. The minimum absolute atomic E-state index is 0.0758. The molecule has 180 valence electrons. The molecule has 1 saturated heterocycles. The van der Waals surface area contributed by atoms with Crippen LogP contribution in [-0.2, 0) is 15.3 Å². The Morgan fingerprint density at radius 1 is 1.03 bits per heavy atom. The van der Waals surface area contributed by atoms with Crippen molar-refractivity contribution in [3.8, 4) is 0 Å². The quantitative estimate of drug-likeness (QED) is 0.620. The van der Waals surface area contributed by atoms with Gasteiger partial charge in [0.05, 0.1) is 5.92 Å². The molecule has 3 unspecified atom stereocenters. The zero-order valence-electron chi connectivity index (χ0n) is 20.7. The van der Waals surface area contributed by atoms with Gasteiger partial charge in [0, 0.05) is 24.9 Å². The third-order valence-corrected chi connectivity index (χ3v) is 7.91. The summed E-state index contributed by atoms with van der Waals surface area (Å²) in [6.07, 6.45) is 5.32. The lowest BCUT2D eigenvalue weighted by Crippen LogP contribution is -2.47. The monoisotopic (exact) mass is 459 g/mol. The van der Waals surface area contributed by atoms with Gasteiger partial charge < -0.3 is 9.74 Å². The number of hydrogen-bond acceptors (Lipinski definition) is 4. The number of carbonyl (C=O) groups is 1. The molecule has 1 saturated carbocycles. The fourth-order valence-corrected chi connectivity index (χ4v) is 5.76. The lowest BCUT2D eigenvalue weighted by Gasteiger charge is -2.38. The Balaban J connectivity index is 1.41. The van der Waals surface area contributed by atoms with E-state index in [1.807, 2.05) is 25.1 Å². The predicted octanol–water partition coefficient (Wildman–Crippen LogP) is 5.74. The largest absolute Gasteiger partial charge is 0.390 e. The van der Waals surface area contributed by atoms with E-state index in [1.165, 1.54) is 24.0 Å². The summed E-state index contributed by atoms with van der Waals surface area (Å²) in [7, 11) is 0. The van der Waals surface area contributed by atoms with Crippen LogP contribution in [0.4, 0.5) is 0 Å². The van der Waals surface area contributed by atoms with Crippen LogP contribution in [0, 0.1) is 11.8 Å². The third kappa shape index (κ3) is 4.63. The Hall–Kier alpha value is -2.66. The van der Waals surface area contributed by atoms with Crippen molar-refractivity contribution in [3.05, 3.63) is 71.3 Å². The first-order valence-corrected chi connectivity index (χ1v) is 12.9. The van der Waals surface area contributed by atoms with E-state index in [0.717, 1.165) is 37.3 Å². The van der Waals surface area contributed by atoms with Crippen molar-refractivity contribution < 1.29 is 9.63 Å². The molecule has 2 fully saturated rings. The Labute approximate surface area is 203 Å². The van der Waals surface area contributed by atoms with Crippen LogP contribution in [0.25, 0.3) is 0 Å². The van der Waals surface area contributed by atoms with Crippen molar-refractivity contribution in [1.29, 1.82) is 0 Å². The normalized spacial score (nSPS) is 27.6. The zero-order chi connectivity index (χ0) is 23.7. The van der Waals surface area contributed by atoms with Crippen LogP contribution in [0.15, 0.2) is 59.6 Å². The van der Waals surface area contributed by atoms with Gasteiger partial charge in [0.2, 0.25) is 11.8 Å². The third-order valence-electron chi connectivity index (χ3n) is 7.91. The Bertz CT molecular complexity index is 1030. The van der Waals surface area contributed by atoms with Gasteiger partial charge in [-0.1, -0.05) is 81.3 Å². The van der Waals surface area contributed by atoms with Crippen LogP contribution in [0.2, 0.25) is 0 Å². The van der Waals surface area contributed by atoms with Crippen LogP contribution < -0.4 is 5.48 Å². The molecule has 0 aromatic heterocycles. The predicted molar refractivity (Wildman–Crippen MR) is 135 cm³/mol. The second kappa shape index (κ2) is 9.53. The van der Waals surface area contributed by atoms with Crippen molar-refractivity contribution in [1.82, 2.24) is 10.4 Å². The molecule has 0 bridgehead atoms. The van der Waals surface area contributed by atoms with E-state index in [2.05, 4.69) is 60.6 Å². The number of carbonyl (C=O) groups excluding carboxylic acids is 1. The van der Waals surface area contributed by atoms with Crippen molar-refractivity contribution in [2.75, 3.05) is 13.1 Å². The van der Waals surface area contributed by atoms with Gasteiger partial charge in [0.1, 0.15) is 0 Å². The fraction of sp³-hybridized carbons (Fsp3) is 0.517. The molecule has 34 heavy (non-hydrogen) atoms. The topological polar surface area (TPSA) is 53.9 Å². The highest BCUT2D eigenvalue weighted by Gasteiger charge is 2.41. The van der Waals surface area contributed by atoms with Gasteiger partial charge in [-0.05, 0) is 48.8 Å². The SMILES string of the molecule is CC(C)c1ccc(C2CC(C3=NC(C)(c4ccccc4)NO3)CN(C(=O)C3CCCC3)C2)cc1. The Kier molecular flexibility index (Phi) is 6.48. The van der Waals surface area contributed by atoms with Gasteiger partial charge in [-0.3, -0.25) is 4.79 Å². The van der Waals surface area contributed by atoms with E-state index in [4.69, 9.17) is 9.83 Å². The van der Waals surface area contributed by atoms with Crippen LogP contribution in [0.3, 0.4) is 0 Å². The second-order valence-corrected chi connectivity index (χ2v) is 10.8. The molecule has 5 heteroatoms. The molecule has 5 nitrogen and oxygen atoms in total. The maximum atomic E-state index is 13.5. The highest BCUT2D eigenvalue weighted by atomic mass is 16.7. The number of rotatable bonds is 5. The van der Waals surface area contributed by atoms with E-state index in [0.29, 0.717) is 18.4 Å². The van der Waals surface area contributed by atoms with Gasteiger partial charge in [0.25, 0.3) is 0 Å². The summed E-state index contributed by atoms with van der Waals surface area (Å²) in [4.78, 5) is 26.6. The maximum absolute atomic E-state index is 13.5. The van der Waals surface area contributed by atoms with Gasteiger partial charge in [-0.15, -0.1) is 5.48 Å². The summed E-state index contributed by atoms with van der Waals surface area (Å²) < 4.78 is 0. The van der Waals surface area contributed by atoms with Gasteiger partial charge in [-0.2, -0.15) is 0 Å². The van der Waals surface area contributed by atoms with E-state index < -0.39 is 5.66 Å². The molecule has 3 atom stereocenters. The minimum atomic E-state index is -0.608. The first kappa shape index (κ1) is 23.1. The lowest BCUT2D eigenvalue weighted by molar-refractivity contribution is -0.137. The zero-order valence-corrected chi connectivity index (χ0v) is 20.7. The number of hydroxylamine groups is 1. The molecule has 3 aliphatic rings. The summed E-state index contributed by atoms with van der Waals surface area (Å²) >= 11 is 0. The lowest BCUT2D eigenvalue weighted by atomic mass is 9.83. The summed E-state index contributed by atoms with van der Waals surface area (Å²) in [5.74, 6) is 2.09. The summed E-state index contributed by atoms with van der Waals surface area (Å²) in [5.41, 5.74) is 6.27. The Morgan fingerprint density at radius 3 is 2.38 bits per heavy atom. The van der Waals surface area contributed by atoms with Crippen LogP contribution >= 0.6 is 0 Å². The molecule has 2 aromatic carbocycles. The molecule has 2 aliphatic heterocycles. The van der Waals surface area contributed by atoms with E-state index >= 15 is 0 Å². The average molecular weight is 460 g/mol.